The average Bonchev–Trinajstić information content (AvgIpc) is 2.67. The van der Waals surface area contributed by atoms with Gasteiger partial charge in [-0.3, -0.25) is 0 Å². The SMILES string of the molecule is CSCC(C)CNCc1cc(C(=O)O)no1. The summed E-state index contributed by atoms with van der Waals surface area (Å²) < 4.78 is 4.87. The molecule has 1 heterocycles. The van der Waals surface area contributed by atoms with Gasteiger partial charge in [-0.1, -0.05) is 12.1 Å². The largest absolute Gasteiger partial charge is 0.476 e. The van der Waals surface area contributed by atoms with Gasteiger partial charge in [-0.05, 0) is 24.5 Å². The highest BCUT2D eigenvalue weighted by molar-refractivity contribution is 7.98. The predicted octanol–water partition coefficient (Wildman–Crippen LogP) is 1.46. The summed E-state index contributed by atoms with van der Waals surface area (Å²) in [4.78, 5) is 10.5. The Bertz CT molecular complexity index is 341. The number of nitrogens with one attached hydrogen (secondary N) is 1. The van der Waals surface area contributed by atoms with E-state index in [0.717, 1.165) is 12.3 Å². The summed E-state index contributed by atoms with van der Waals surface area (Å²) in [7, 11) is 0. The highest BCUT2D eigenvalue weighted by Crippen LogP contribution is 2.05. The molecule has 0 saturated heterocycles. The summed E-state index contributed by atoms with van der Waals surface area (Å²) in [6.07, 6.45) is 2.08. The second-order valence-electron chi connectivity index (χ2n) is 3.68. The third-order valence-electron chi connectivity index (χ3n) is 2.02. The maximum Gasteiger partial charge on any atom is 0.358 e. The molecule has 0 fully saturated rings. The second kappa shape index (κ2) is 6.55. The Morgan fingerprint density at radius 2 is 2.50 bits per heavy atom. The molecule has 0 aliphatic carbocycles. The van der Waals surface area contributed by atoms with Crippen molar-refractivity contribution in [2.45, 2.75) is 13.5 Å². The van der Waals surface area contributed by atoms with E-state index in [9.17, 15) is 4.79 Å². The van der Waals surface area contributed by atoms with E-state index in [1.165, 1.54) is 6.07 Å². The second-order valence-corrected chi connectivity index (χ2v) is 4.59. The van der Waals surface area contributed by atoms with Crippen molar-refractivity contribution in [3.05, 3.63) is 17.5 Å². The molecule has 1 atom stereocenters. The van der Waals surface area contributed by atoms with Crippen LogP contribution in [0.4, 0.5) is 0 Å². The first-order valence-corrected chi connectivity index (χ1v) is 6.41. The molecule has 1 rings (SSSR count). The molecule has 1 aromatic heterocycles. The molecule has 5 nitrogen and oxygen atoms in total. The molecule has 6 heteroatoms. The normalized spacial score (nSPS) is 12.6. The fourth-order valence-electron chi connectivity index (χ4n) is 1.28. The Kier molecular flexibility index (Phi) is 5.34. The van der Waals surface area contributed by atoms with Crippen molar-refractivity contribution < 1.29 is 14.4 Å². The maximum absolute atomic E-state index is 10.5. The number of hydrogen-bond acceptors (Lipinski definition) is 5. The highest BCUT2D eigenvalue weighted by Gasteiger charge is 2.10. The molecule has 1 aromatic rings. The van der Waals surface area contributed by atoms with Crippen LogP contribution in [0, 0.1) is 5.92 Å². The third-order valence-corrected chi connectivity index (χ3v) is 2.92. The van der Waals surface area contributed by atoms with Crippen LogP contribution in [-0.2, 0) is 6.54 Å². The molecule has 0 aliphatic rings. The zero-order valence-corrected chi connectivity index (χ0v) is 10.2. The van der Waals surface area contributed by atoms with Crippen molar-refractivity contribution in [1.82, 2.24) is 10.5 Å². The van der Waals surface area contributed by atoms with Gasteiger partial charge in [0.2, 0.25) is 0 Å². The van der Waals surface area contributed by atoms with Gasteiger partial charge < -0.3 is 14.9 Å². The van der Waals surface area contributed by atoms with Crippen molar-refractivity contribution in [3.63, 3.8) is 0 Å². The van der Waals surface area contributed by atoms with Crippen LogP contribution in [-0.4, -0.2) is 34.8 Å². The summed E-state index contributed by atoms with van der Waals surface area (Å²) in [5.41, 5.74) is -0.0473. The number of thioether (sulfide) groups is 1. The van der Waals surface area contributed by atoms with Crippen molar-refractivity contribution in [2.75, 3.05) is 18.6 Å². The third kappa shape index (κ3) is 4.24. The van der Waals surface area contributed by atoms with Crippen molar-refractivity contribution >= 4 is 17.7 Å². The van der Waals surface area contributed by atoms with Crippen molar-refractivity contribution in [3.8, 4) is 0 Å². The predicted molar refractivity (Wildman–Crippen MR) is 62.7 cm³/mol. The van der Waals surface area contributed by atoms with E-state index in [1.54, 1.807) is 0 Å². The van der Waals surface area contributed by atoms with E-state index < -0.39 is 5.97 Å². The number of carbonyl (C=O) groups is 1. The summed E-state index contributed by atoms with van der Waals surface area (Å²) in [5, 5.41) is 15.3. The van der Waals surface area contributed by atoms with Gasteiger partial charge in [-0.25, -0.2) is 4.79 Å². The molecule has 2 N–H and O–H groups in total. The van der Waals surface area contributed by atoms with Gasteiger partial charge in [0.05, 0.1) is 6.54 Å². The Morgan fingerprint density at radius 3 is 3.06 bits per heavy atom. The van der Waals surface area contributed by atoms with E-state index in [4.69, 9.17) is 9.63 Å². The molecule has 1 unspecified atom stereocenters. The molecule has 0 radical (unpaired) electrons. The fraction of sp³-hybridized carbons (Fsp3) is 0.600. The number of hydrogen-bond donors (Lipinski definition) is 2. The lowest BCUT2D eigenvalue weighted by atomic mass is 10.2. The monoisotopic (exact) mass is 244 g/mol. The standard InChI is InChI=1S/C10H16N2O3S/c1-7(6-16-2)4-11-5-8-3-9(10(13)14)12-15-8/h3,7,11H,4-6H2,1-2H3,(H,13,14). The molecule has 0 aromatic carbocycles. The summed E-state index contributed by atoms with van der Waals surface area (Å²) >= 11 is 1.81. The summed E-state index contributed by atoms with van der Waals surface area (Å²) in [6.45, 7) is 3.55. The number of nitrogens with zero attached hydrogens (tertiary/aromatic N) is 1. The molecule has 90 valence electrons. The van der Waals surface area contributed by atoms with Crippen LogP contribution in [0.3, 0.4) is 0 Å². The maximum atomic E-state index is 10.5. The molecule has 0 spiro atoms. The van der Waals surface area contributed by atoms with Crippen LogP contribution in [0.1, 0.15) is 23.2 Å². The molecular weight excluding hydrogens is 228 g/mol. The number of aromatic nitrogens is 1. The van der Waals surface area contributed by atoms with Crippen molar-refractivity contribution in [2.24, 2.45) is 5.92 Å². The van der Waals surface area contributed by atoms with Gasteiger partial charge in [0.15, 0.2) is 11.5 Å². The molecular formula is C10H16N2O3S. The Labute approximate surface area is 98.6 Å². The fourth-order valence-corrected chi connectivity index (χ4v) is 1.97. The first-order chi connectivity index (χ1) is 7.63. The van der Waals surface area contributed by atoms with Gasteiger partial charge in [-0.2, -0.15) is 11.8 Å². The topological polar surface area (TPSA) is 75.4 Å². The number of carboxylic acids is 1. The molecule has 0 amide bonds. The number of rotatable bonds is 7. The molecule has 0 aliphatic heterocycles. The quantitative estimate of drug-likeness (QED) is 0.756. The lowest BCUT2D eigenvalue weighted by molar-refractivity contribution is 0.0685. The smallest absolute Gasteiger partial charge is 0.358 e. The van der Waals surface area contributed by atoms with Crippen LogP contribution in [0.2, 0.25) is 0 Å². The van der Waals surface area contributed by atoms with Crippen molar-refractivity contribution in [1.29, 1.82) is 0 Å². The van der Waals surface area contributed by atoms with Gasteiger partial charge in [0.1, 0.15) is 0 Å². The van der Waals surface area contributed by atoms with Gasteiger partial charge in [0, 0.05) is 6.07 Å². The summed E-state index contributed by atoms with van der Waals surface area (Å²) in [6, 6.07) is 1.44. The molecule has 0 saturated carbocycles. The summed E-state index contributed by atoms with van der Waals surface area (Å²) in [5.74, 6) is 1.17. The van der Waals surface area contributed by atoms with Crippen LogP contribution in [0.5, 0.6) is 0 Å². The van der Waals surface area contributed by atoms with Gasteiger partial charge in [-0.15, -0.1) is 0 Å². The average molecular weight is 244 g/mol. The van der Waals surface area contributed by atoms with Crippen LogP contribution in [0.25, 0.3) is 0 Å². The Morgan fingerprint density at radius 1 is 1.75 bits per heavy atom. The minimum absolute atomic E-state index is 0.0473. The zero-order valence-electron chi connectivity index (χ0n) is 9.40. The van der Waals surface area contributed by atoms with E-state index in [1.807, 2.05) is 11.8 Å². The van der Waals surface area contributed by atoms with Gasteiger partial charge >= 0.3 is 5.97 Å². The van der Waals surface area contributed by atoms with E-state index >= 15 is 0 Å². The number of aromatic carboxylic acids is 1. The van der Waals surface area contributed by atoms with Crippen LogP contribution in [0.15, 0.2) is 10.6 Å². The van der Waals surface area contributed by atoms with Crippen LogP contribution < -0.4 is 5.32 Å². The number of carboxylic acid groups (broad SMARTS) is 1. The highest BCUT2D eigenvalue weighted by atomic mass is 32.2. The lowest BCUT2D eigenvalue weighted by Gasteiger charge is -2.09. The minimum Gasteiger partial charge on any atom is -0.476 e. The van der Waals surface area contributed by atoms with E-state index in [0.29, 0.717) is 18.2 Å². The molecule has 0 bridgehead atoms. The molecule has 16 heavy (non-hydrogen) atoms. The zero-order chi connectivity index (χ0) is 12.0. The minimum atomic E-state index is -1.06. The Hall–Kier alpha value is -1.01. The lowest BCUT2D eigenvalue weighted by Crippen LogP contribution is -2.21. The van der Waals surface area contributed by atoms with E-state index in [-0.39, 0.29) is 5.69 Å². The van der Waals surface area contributed by atoms with Crippen LogP contribution >= 0.6 is 11.8 Å². The Balaban J connectivity index is 2.29. The van der Waals surface area contributed by atoms with E-state index in [2.05, 4.69) is 23.7 Å². The van der Waals surface area contributed by atoms with Gasteiger partial charge in [0.25, 0.3) is 0 Å². The first-order valence-electron chi connectivity index (χ1n) is 5.02. The first kappa shape index (κ1) is 13.1.